The van der Waals surface area contributed by atoms with Gasteiger partial charge in [0, 0.05) is 38.0 Å². The summed E-state index contributed by atoms with van der Waals surface area (Å²) in [6.45, 7) is 1.25. The Morgan fingerprint density at radius 2 is 1.67 bits per heavy atom. The van der Waals surface area contributed by atoms with Crippen LogP contribution in [0, 0.1) is 11.6 Å². The second-order valence-corrected chi connectivity index (χ2v) is 8.13. The molecule has 2 aromatic rings. The molecule has 1 aliphatic rings. The van der Waals surface area contributed by atoms with Crippen LogP contribution in [0.4, 0.5) is 8.78 Å². The fraction of sp³-hybridized carbons (Fsp3) is 0.417. The first-order valence-corrected chi connectivity index (χ1v) is 10.3. The Bertz CT molecular complexity index is 927. The second kappa shape index (κ2) is 9.94. The number of carbonyl (C=O) groups excluding carboxylic acids is 2. The van der Waals surface area contributed by atoms with Crippen molar-refractivity contribution in [2.45, 2.75) is 38.6 Å². The van der Waals surface area contributed by atoms with E-state index in [0.29, 0.717) is 24.2 Å². The monoisotopic (exact) mass is 414 g/mol. The van der Waals surface area contributed by atoms with Gasteiger partial charge >= 0.3 is 0 Å². The van der Waals surface area contributed by atoms with Crippen LogP contribution in [0.3, 0.4) is 0 Å². The van der Waals surface area contributed by atoms with Crippen LogP contribution in [0.15, 0.2) is 36.4 Å². The molecule has 0 heterocycles. The smallest absolute Gasteiger partial charge is 0.223 e. The lowest BCUT2D eigenvalue weighted by Crippen LogP contribution is -2.36. The highest BCUT2D eigenvalue weighted by Gasteiger charge is 2.19. The second-order valence-electron chi connectivity index (χ2n) is 8.13. The summed E-state index contributed by atoms with van der Waals surface area (Å²) in [6.07, 6.45) is 3.41. The molecule has 0 radical (unpaired) electrons. The van der Waals surface area contributed by atoms with E-state index in [2.05, 4.69) is 0 Å². The molecule has 160 valence electrons. The van der Waals surface area contributed by atoms with E-state index < -0.39 is 11.6 Å². The number of aryl methyl sites for hydroxylation is 2. The average molecular weight is 414 g/mol. The molecule has 0 aromatic heterocycles. The van der Waals surface area contributed by atoms with E-state index in [1.807, 2.05) is 37.2 Å². The van der Waals surface area contributed by atoms with Gasteiger partial charge < -0.3 is 9.80 Å². The van der Waals surface area contributed by atoms with Crippen LogP contribution in [0.25, 0.3) is 0 Å². The number of amides is 1. The number of hydrogen-bond donors (Lipinski definition) is 0. The molecule has 3 rings (SSSR count). The van der Waals surface area contributed by atoms with Crippen molar-refractivity contribution in [3.8, 4) is 0 Å². The molecule has 2 aromatic carbocycles. The topological polar surface area (TPSA) is 40.6 Å². The van der Waals surface area contributed by atoms with Gasteiger partial charge in [-0.2, -0.15) is 0 Å². The van der Waals surface area contributed by atoms with Crippen LogP contribution >= 0.6 is 0 Å². The lowest BCUT2D eigenvalue weighted by atomic mass is 10.0. The Labute approximate surface area is 176 Å². The first-order chi connectivity index (χ1) is 14.3. The SMILES string of the molecule is CN(C)CCN(Cc1ccc(F)c(F)c1)C(=O)CCC(=O)c1ccc2c(c1)CCC2. The molecule has 0 spiro atoms. The summed E-state index contributed by atoms with van der Waals surface area (Å²) in [5.74, 6) is -2.06. The normalized spacial score (nSPS) is 12.8. The number of likely N-dealkylation sites (N-methyl/N-ethyl adjacent to an activating group) is 1. The van der Waals surface area contributed by atoms with Crippen molar-refractivity contribution in [3.63, 3.8) is 0 Å². The maximum atomic E-state index is 13.5. The van der Waals surface area contributed by atoms with Crippen LogP contribution in [-0.4, -0.2) is 48.7 Å². The van der Waals surface area contributed by atoms with Crippen molar-refractivity contribution in [3.05, 3.63) is 70.3 Å². The van der Waals surface area contributed by atoms with E-state index in [1.54, 1.807) is 4.90 Å². The van der Waals surface area contributed by atoms with Gasteiger partial charge in [0.25, 0.3) is 0 Å². The maximum absolute atomic E-state index is 13.5. The third-order valence-corrected chi connectivity index (χ3v) is 5.51. The number of ketones is 1. The molecule has 1 aliphatic carbocycles. The zero-order chi connectivity index (χ0) is 21.7. The first kappa shape index (κ1) is 22.1. The van der Waals surface area contributed by atoms with Gasteiger partial charge in [0.1, 0.15) is 0 Å². The van der Waals surface area contributed by atoms with Gasteiger partial charge in [-0.1, -0.05) is 18.2 Å². The van der Waals surface area contributed by atoms with Gasteiger partial charge in [-0.3, -0.25) is 9.59 Å². The lowest BCUT2D eigenvalue weighted by Gasteiger charge is -2.24. The Hall–Kier alpha value is -2.60. The summed E-state index contributed by atoms with van der Waals surface area (Å²) >= 11 is 0. The molecular formula is C24H28F2N2O2. The fourth-order valence-corrected chi connectivity index (χ4v) is 3.74. The predicted molar refractivity (Wildman–Crippen MR) is 112 cm³/mol. The van der Waals surface area contributed by atoms with E-state index >= 15 is 0 Å². The van der Waals surface area contributed by atoms with E-state index in [4.69, 9.17) is 0 Å². The molecule has 0 saturated carbocycles. The van der Waals surface area contributed by atoms with Gasteiger partial charge in [0.15, 0.2) is 17.4 Å². The Kier molecular flexibility index (Phi) is 7.32. The van der Waals surface area contributed by atoms with Crippen molar-refractivity contribution in [1.29, 1.82) is 0 Å². The molecule has 0 bridgehead atoms. The van der Waals surface area contributed by atoms with Gasteiger partial charge in [0.05, 0.1) is 0 Å². The molecule has 0 fully saturated rings. The zero-order valence-electron chi connectivity index (χ0n) is 17.6. The van der Waals surface area contributed by atoms with Gasteiger partial charge in [0.2, 0.25) is 5.91 Å². The van der Waals surface area contributed by atoms with E-state index in [1.165, 1.54) is 17.2 Å². The molecule has 0 aliphatic heterocycles. The molecular weight excluding hydrogens is 386 g/mol. The van der Waals surface area contributed by atoms with Crippen molar-refractivity contribution in [2.75, 3.05) is 27.2 Å². The molecule has 0 N–H and O–H groups in total. The third-order valence-electron chi connectivity index (χ3n) is 5.51. The summed E-state index contributed by atoms with van der Waals surface area (Å²) in [7, 11) is 3.80. The van der Waals surface area contributed by atoms with E-state index in [9.17, 15) is 18.4 Å². The van der Waals surface area contributed by atoms with Crippen molar-refractivity contribution < 1.29 is 18.4 Å². The van der Waals surface area contributed by atoms with Crippen LogP contribution in [-0.2, 0) is 24.2 Å². The minimum atomic E-state index is -0.931. The van der Waals surface area contributed by atoms with Gasteiger partial charge in [-0.25, -0.2) is 8.78 Å². The molecule has 1 amide bonds. The summed E-state index contributed by atoms with van der Waals surface area (Å²) < 4.78 is 26.8. The number of Topliss-reactive ketones (excluding diaryl/α,β-unsaturated/α-hetero) is 1. The number of benzene rings is 2. The quantitative estimate of drug-likeness (QED) is 0.582. The largest absolute Gasteiger partial charge is 0.337 e. The van der Waals surface area contributed by atoms with E-state index in [-0.39, 0.29) is 31.1 Å². The third kappa shape index (κ3) is 5.72. The van der Waals surface area contributed by atoms with Crippen LogP contribution in [0.2, 0.25) is 0 Å². The zero-order valence-corrected chi connectivity index (χ0v) is 17.6. The summed E-state index contributed by atoms with van der Waals surface area (Å²) in [6, 6.07) is 9.48. The Morgan fingerprint density at radius 1 is 0.900 bits per heavy atom. The summed E-state index contributed by atoms with van der Waals surface area (Å²) in [5, 5.41) is 0. The minimum absolute atomic E-state index is 0.0431. The highest BCUT2D eigenvalue weighted by Crippen LogP contribution is 2.23. The van der Waals surface area contributed by atoms with Crippen molar-refractivity contribution in [2.24, 2.45) is 0 Å². The number of hydrogen-bond acceptors (Lipinski definition) is 3. The van der Waals surface area contributed by atoms with Crippen LogP contribution in [0.1, 0.15) is 46.3 Å². The number of carbonyl (C=O) groups is 2. The molecule has 0 atom stereocenters. The van der Waals surface area contributed by atoms with Crippen LogP contribution < -0.4 is 0 Å². The number of halogens is 2. The van der Waals surface area contributed by atoms with Gasteiger partial charge in [-0.05, 0) is 68.2 Å². The fourth-order valence-electron chi connectivity index (χ4n) is 3.74. The number of nitrogens with zero attached hydrogens (tertiary/aromatic N) is 2. The molecule has 0 saturated heterocycles. The Balaban J connectivity index is 1.63. The van der Waals surface area contributed by atoms with E-state index in [0.717, 1.165) is 31.4 Å². The number of fused-ring (bicyclic) bond motifs is 1. The lowest BCUT2D eigenvalue weighted by molar-refractivity contribution is -0.131. The van der Waals surface area contributed by atoms with Gasteiger partial charge in [-0.15, -0.1) is 0 Å². The summed E-state index contributed by atoms with van der Waals surface area (Å²) in [4.78, 5) is 29.0. The molecule has 6 heteroatoms. The molecule has 0 unspecified atom stereocenters. The standard InChI is InChI=1S/C24H28F2N2O2/c1-27(2)12-13-28(16-17-6-9-21(25)22(26)14-17)24(30)11-10-23(29)20-8-7-18-4-3-5-19(18)15-20/h6-9,14-15H,3-5,10-13,16H2,1-2H3. The van der Waals surface area contributed by atoms with Crippen LogP contribution in [0.5, 0.6) is 0 Å². The predicted octanol–water partition coefficient (Wildman–Crippen LogP) is 4.01. The molecule has 30 heavy (non-hydrogen) atoms. The number of rotatable bonds is 9. The minimum Gasteiger partial charge on any atom is -0.337 e. The average Bonchev–Trinajstić information content (AvgIpc) is 3.19. The first-order valence-electron chi connectivity index (χ1n) is 10.3. The highest BCUT2D eigenvalue weighted by atomic mass is 19.2. The highest BCUT2D eigenvalue weighted by molar-refractivity contribution is 5.98. The van der Waals surface area contributed by atoms with Crippen molar-refractivity contribution in [1.82, 2.24) is 9.80 Å². The van der Waals surface area contributed by atoms with Crippen molar-refractivity contribution >= 4 is 11.7 Å². The molecule has 4 nitrogen and oxygen atoms in total. The maximum Gasteiger partial charge on any atom is 0.223 e. The Morgan fingerprint density at radius 3 is 2.40 bits per heavy atom. The summed E-state index contributed by atoms with van der Waals surface area (Å²) in [5.41, 5.74) is 3.72.